The van der Waals surface area contributed by atoms with Gasteiger partial charge in [-0.2, -0.15) is 0 Å². The third kappa shape index (κ3) is 9.58. The van der Waals surface area contributed by atoms with Gasteiger partial charge in [-0.15, -0.1) is 0 Å². The quantitative estimate of drug-likeness (QED) is 0.272. The van der Waals surface area contributed by atoms with Gasteiger partial charge in [-0.05, 0) is 73.6 Å². The van der Waals surface area contributed by atoms with Gasteiger partial charge in [-0.1, -0.05) is 101 Å². The molecule has 0 atom stereocenters. The molecular weight excluding hydrogens is 336 g/mol. The fraction of sp³-hybridized carbons (Fsp3) is 0.571. The first kappa shape index (κ1) is 22.7. The molecule has 28 heavy (non-hydrogen) atoms. The second kappa shape index (κ2) is 14.4. The van der Waals surface area contributed by atoms with Crippen molar-refractivity contribution in [3.8, 4) is 0 Å². The molecule has 0 saturated heterocycles. The van der Waals surface area contributed by atoms with Crippen molar-refractivity contribution < 1.29 is 0 Å². The van der Waals surface area contributed by atoms with E-state index in [-0.39, 0.29) is 0 Å². The maximum Gasteiger partial charge on any atom is -0.0279 e. The van der Waals surface area contributed by atoms with Crippen molar-refractivity contribution in [2.24, 2.45) is 0 Å². The molecule has 0 heteroatoms. The van der Waals surface area contributed by atoms with E-state index in [1.165, 1.54) is 112 Å². The number of rotatable bonds is 15. The fourth-order valence-corrected chi connectivity index (χ4v) is 3.92. The standard InChI is InChI=1S/C28H42/c1-3-5-9-13-25-17-21-27(22-18-25)15-11-7-8-12-16-28-23-19-26(20-24-28)14-10-6-4-2/h17-24H,3-16H2,1-2H3. The Kier molecular flexibility index (Phi) is 11.7. The van der Waals surface area contributed by atoms with E-state index in [1.54, 1.807) is 0 Å². The maximum atomic E-state index is 2.35. The SMILES string of the molecule is CCCCCc1ccc(CCCCCCc2ccc(CCCCC)cc2)cc1. The molecule has 2 aromatic rings. The topological polar surface area (TPSA) is 0 Å². The zero-order valence-electron chi connectivity index (χ0n) is 18.5. The van der Waals surface area contributed by atoms with Crippen LogP contribution in [-0.2, 0) is 25.7 Å². The van der Waals surface area contributed by atoms with Crippen LogP contribution in [-0.4, -0.2) is 0 Å². The Morgan fingerprint density at radius 3 is 0.857 bits per heavy atom. The first-order chi connectivity index (χ1) is 13.8. The maximum absolute atomic E-state index is 2.35. The van der Waals surface area contributed by atoms with Crippen LogP contribution in [0, 0.1) is 0 Å². The Labute approximate surface area is 174 Å². The van der Waals surface area contributed by atoms with Crippen LogP contribution in [0.4, 0.5) is 0 Å². The van der Waals surface area contributed by atoms with Gasteiger partial charge in [-0.25, -0.2) is 0 Å². The van der Waals surface area contributed by atoms with E-state index in [9.17, 15) is 0 Å². The van der Waals surface area contributed by atoms with Crippen molar-refractivity contribution in [3.63, 3.8) is 0 Å². The molecule has 0 heterocycles. The summed E-state index contributed by atoms with van der Waals surface area (Å²) in [6, 6.07) is 18.8. The summed E-state index contributed by atoms with van der Waals surface area (Å²) in [6.45, 7) is 4.54. The number of unbranched alkanes of at least 4 members (excludes halogenated alkanes) is 7. The van der Waals surface area contributed by atoms with Crippen LogP contribution in [0.5, 0.6) is 0 Å². The van der Waals surface area contributed by atoms with E-state index in [1.807, 2.05) is 0 Å². The van der Waals surface area contributed by atoms with Gasteiger partial charge >= 0.3 is 0 Å². The molecule has 0 radical (unpaired) electrons. The first-order valence-corrected chi connectivity index (χ1v) is 12.0. The van der Waals surface area contributed by atoms with Crippen LogP contribution in [0.25, 0.3) is 0 Å². The molecule has 2 rings (SSSR count). The third-order valence-electron chi connectivity index (χ3n) is 5.86. The molecule has 2 aromatic carbocycles. The summed E-state index contributed by atoms with van der Waals surface area (Å²) in [5.41, 5.74) is 6.04. The van der Waals surface area contributed by atoms with Crippen LogP contribution in [0.2, 0.25) is 0 Å². The highest BCUT2D eigenvalue weighted by Gasteiger charge is 1.99. The Morgan fingerprint density at radius 1 is 0.357 bits per heavy atom. The van der Waals surface area contributed by atoms with E-state index in [4.69, 9.17) is 0 Å². The highest BCUT2D eigenvalue weighted by molar-refractivity contribution is 5.23. The number of hydrogen-bond acceptors (Lipinski definition) is 0. The molecular formula is C28H42. The summed E-state index contributed by atoms with van der Waals surface area (Å²) in [5, 5.41) is 0. The minimum atomic E-state index is 1.24. The van der Waals surface area contributed by atoms with Gasteiger partial charge in [0.15, 0.2) is 0 Å². The molecule has 0 bridgehead atoms. The molecule has 0 nitrogen and oxygen atoms in total. The first-order valence-electron chi connectivity index (χ1n) is 12.0. The predicted octanol–water partition coefficient (Wildman–Crippen LogP) is 8.50. The fourth-order valence-electron chi connectivity index (χ4n) is 3.92. The lowest BCUT2D eigenvalue weighted by atomic mass is 10.00. The average Bonchev–Trinajstić information content (AvgIpc) is 2.73. The van der Waals surface area contributed by atoms with Crippen molar-refractivity contribution in [1.29, 1.82) is 0 Å². The van der Waals surface area contributed by atoms with Crippen molar-refractivity contribution >= 4 is 0 Å². The minimum absolute atomic E-state index is 1.24. The highest BCUT2D eigenvalue weighted by atomic mass is 14.0. The lowest BCUT2D eigenvalue weighted by Crippen LogP contribution is -1.91. The Hall–Kier alpha value is -1.56. The summed E-state index contributed by atoms with van der Waals surface area (Å²) >= 11 is 0. The van der Waals surface area contributed by atoms with Crippen molar-refractivity contribution in [2.75, 3.05) is 0 Å². The van der Waals surface area contributed by atoms with Crippen LogP contribution in [0.15, 0.2) is 48.5 Å². The lowest BCUT2D eigenvalue weighted by Gasteiger charge is -2.06. The van der Waals surface area contributed by atoms with Crippen LogP contribution < -0.4 is 0 Å². The second-order valence-electron chi connectivity index (χ2n) is 8.46. The van der Waals surface area contributed by atoms with E-state index in [0.29, 0.717) is 0 Å². The monoisotopic (exact) mass is 378 g/mol. The van der Waals surface area contributed by atoms with E-state index in [2.05, 4.69) is 62.4 Å². The van der Waals surface area contributed by atoms with Gasteiger partial charge in [0.05, 0.1) is 0 Å². The van der Waals surface area contributed by atoms with Gasteiger partial charge in [0.25, 0.3) is 0 Å². The minimum Gasteiger partial charge on any atom is -0.0654 e. The summed E-state index contributed by atoms with van der Waals surface area (Å²) < 4.78 is 0. The van der Waals surface area contributed by atoms with Crippen LogP contribution in [0.1, 0.15) is 100 Å². The molecule has 0 spiro atoms. The van der Waals surface area contributed by atoms with Gasteiger partial charge < -0.3 is 0 Å². The van der Waals surface area contributed by atoms with Crippen LogP contribution >= 0.6 is 0 Å². The molecule has 0 saturated carbocycles. The van der Waals surface area contributed by atoms with Crippen molar-refractivity contribution in [2.45, 2.75) is 104 Å². The van der Waals surface area contributed by atoms with Crippen molar-refractivity contribution in [1.82, 2.24) is 0 Å². The smallest absolute Gasteiger partial charge is 0.0279 e. The van der Waals surface area contributed by atoms with Gasteiger partial charge in [0.1, 0.15) is 0 Å². The lowest BCUT2D eigenvalue weighted by molar-refractivity contribution is 0.640. The summed E-state index contributed by atoms with van der Waals surface area (Å²) in [7, 11) is 0. The molecule has 0 aliphatic rings. The third-order valence-corrected chi connectivity index (χ3v) is 5.86. The van der Waals surface area contributed by atoms with E-state index < -0.39 is 0 Å². The van der Waals surface area contributed by atoms with E-state index in [0.717, 1.165) is 0 Å². The second-order valence-corrected chi connectivity index (χ2v) is 8.46. The summed E-state index contributed by atoms with van der Waals surface area (Å²) in [6.07, 6.45) is 18.3. The van der Waals surface area contributed by atoms with Gasteiger partial charge in [0, 0.05) is 0 Å². The van der Waals surface area contributed by atoms with Crippen molar-refractivity contribution in [3.05, 3.63) is 70.8 Å². The molecule has 154 valence electrons. The number of aryl methyl sites for hydroxylation is 4. The highest BCUT2D eigenvalue weighted by Crippen LogP contribution is 2.14. The molecule has 0 N–H and O–H groups in total. The molecule has 0 aromatic heterocycles. The molecule has 0 unspecified atom stereocenters. The summed E-state index contributed by atoms with van der Waals surface area (Å²) in [5.74, 6) is 0. The number of hydrogen-bond donors (Lipinski definition) is 0. The van der Waals surface area contributed by atoms with E-state index >= 15 is 0 Å². The molecule has 0 aliphatic carbocycles. The molecule has 0 fully saturated rings. The zero-order valence-corrected chi connectivity index (χ0v) is 18.5. The molecule has 0 aliphatic heterocycles. The van der Waals surface area contributed by atoms with Gasteiger partial charge in [0.2, 0.25) is 0 Å². The Bertz CT molecular complexity index is 548. The Balaban J connectivity index is 1.54. The zero-order chi connectivity index (χ0) is 19.9. The largest absolute Gasteiger partial charge is 0.0654 e. The predicted molar refractivity (Wildman–Crippen MR) is 125 cm³/mol. The average molecular weight is 379 g/mol. The summed E-state index contributed by atoms with van der Waals surface area (Å²) in [4.78, 5) is 0. The van der Waals surface area contributed by atoms with Gasteiger partial charge in [-0.3, -0.25) is 0 Å². The normalized spacial score (nSPS) is 11.1. The molecule has 0 amide bonds. The Morgan fingerprint density at radius 2 is 0.607 bits per heavy atom. The number of benzene rings is 2. The van der Waals surface area contributed by atoms with Crippen LogP contribution in [0.3, 0.4) is 0 Å².